The molecule has 0 aliphatic heterocycles. The number of carbonyl (C=O) groups is 3. The molecule has 2 aromatic carbocycles. The van der Waals surface area contributed by atoms with Crippen LogP contribution in [0.25, 0.3) is 11.1 Å². The summed E-state index contributed by atoms with van der Waals surface area (Å²) in [6.07, 6.45) is -4.65. The molecular weight excluding hydrogens is 458 g/mol. The number of benzene rings is 2. The van der Waals surface area contributed by atoms with Gasteiger partial charge in [-0.3, -0.25) is 4.79 Å². The van der Waals surface area contributed by atoms with Crippen molar-refractivity contribution in [3.8, 4) is 11.1 Å². The fourth-order valence-corrected chi connectivity index (χ4v) is 4.28. The lowest BCUT2D eigenvalue weighted by molar-refractivity contribution is -0.143. The molecule has 1 aliphatic carbocycles. The number of nitrogens with one attached hydrogen (secondary N) is 2. The predicted octanol–water partition coefficient (Wildman–Crippen LogP) is 4.55. The number of rotatable bonds is 9. The highest BCUT2D eigenvalue weighted by Gasteiger charge is 2.33. The molecule has 35 heavy (non-hydrogen) atoms. The van der Waals surface area contributed by atoms with E-state index in [9.17, 15) is 28.3 Å². The minimum atomic E-state index is -2.91. The lowest BCUT2D eigenvalue weighted by Crippen LogP contribution is -2.53. The molecular formula is C26H30F2N2O5. The molecule has 3 rings (SSSR count). The van der Waals surface area contributed by atoms with Gasteiger partial charge in [0.05, 0.1) is 0 Å². The molecule has 3 N–H and O–H groups in total. The van der Waals surface area contributed by atoms with Gasteiger partial charge in [-0.15, -0.1) is 0 Å². The van der Waals surface area contributed by atoms with Gasteiger partial charge in [0.25, 0.3) is 0 Å². The highest BCUT2D eigenvalue weighted by molar-refractivity contribution is 5.89. The molecule has 2 aromatic rings. The molecule has 9 heteroatoms. The van der Waals surface area contributed by atoms with Crippen LogP contribution in [0.15, 0.2) is 48.5 Å². The van der Waals surface area contributed by atoms with Gasteiger partial charge < -0.3 is 20.5 Å². The summed E-state index contributed by atoms with van der Waals surface area (Å²) in [5, 5.41) is 13.8. The molecule has 0 heterocycles. The van der Waals surface area contributed by atoms with E-state index in [-0.39, 0.29) is 18.9 Å². The maximum atomic E-state index is 12.8. The Kier molecular flexibility index (Phi) is 8.09. The van der Waals surface area contributed by atoms with Crippen LogP contribution in [0.4, 0.5) is 13.6 Å². The lowest BCUT2D eigenvalue weighted by atomic mass is 9.87. The number of carboxylic acid groups (broad SMARTS) is 1. The molecule has 0 bridgehead atoms. The predicted molar refractivity (Wildman–Crippen MR) is 126 cm³/mol. The van der Waals surface area contributed by atoms with Gasteiger partial charge in [-0.2, -0.15) is 0 Å². The molecule has 0 fully saturated rings. The van der Waals surface area contributed by atoms with Crippen molar-refractivity contribution < 1.29 is 33.0 Å². The van der Waals surface area contributed by atoms with Crippen molar-refractivity contribution in [2.75, 3.05) is 6.61 Å². The summed E-state index contributed by atoms with van der Waals surface area (Å²) in [5.41, 5.74) is 3.77. The van der Waals surface area contributed by atoms with Gasteiger partial charge >= 0.3 is 12.1 Å². The van der Waals surface area contributed by atoms with Gasteiger partial charge in [0.2, 0.25) is 12.3 Å². The molecule has 1 aliphatic rings. The minimum absolute atomic E-state index is 0.0346. The normalized spacial score (nSPS) is 14.6. The summed E-state index contributed by atoms with van der Waals surface area (Å²) in [7, 11) is 0. The van der Waals surface area contributed by atoms with Crippen LogP contribution in [-0.2, 0) is 14.3 Å². The number of carboxylic acids is 1. The van der Waals surface area contributed by atoms with Gasteiger partial charge in [-0.05, 0) is 34.1 Å². The van der Waals surface area contributed by atoms with Gasteiger partial charge in [0, 0.05) is 12.3 Å². The maximum absolute atomic E-state index is 12.8. The molecule has 7 nitrogen and oxygen atoms in total. The van der Waals surface area contributed by atoms with Crippen molar-refractivity contribution in [3.05, 3.63) is 59.7 Å². The first-order valence-electron chi connectivity index (χ1n) is 11.4. The summed E-state index contributed by atoms with van der Waals surface area (Å²) in [6, 6.07) is 12.8. The number of alkyl halides is 2. The number of hydrogen-bond acceptors (Lipinski definition) is 4. The first-order valence-corrected chi connectivity index (χ1v) is 11.4. The molecule has 2 unspecified atom stereocenters. The Balaban J connectivity index is 1.69. The van der Waals surface area contributed by atoms with E-state index >= 15 is 0 Å². The van der Waals surface area contributed by atoms with E-state index in [4.69, 9.17) is 4.74 Å². The Morgan fingerprint density at radius 3 is 1.97 bits per heavy atom. The first kappa shape index (κ1) is 26.1. The van der Waals surface area contributed by atoms with E-state index in [1.165, 1.54) is 0 Å². The van der Waals surface area contributed by atoms with Gasteiger partial charge in [0.1, 0.15) is 18.7 Å². The molecule has 0 aromatic heterocycles. The fraction of sp³-hybridized carbons (Fsp3) is 0.423. The van der Waals surface area contributed by atoms with Gasteiger partial charge in [-0.1, -0.05) is 69.3 Å². The smallest absolute Gasteiger partial charge is 0.407 e. The molecule has 0 spiro atoms. The van der Waals surface area contributed by atoms with Crippen molar-refractivity contribution in [1.29, 1.82) is 0 Å². The Morgan fingerprint density at radius 1 is 0.943 bits per heavy atom. The van der Waals surface area contributed by atoms with Crippen LogP contribution in [-0.4, -0.2) is 48.2 Å². The van der Waals surface area contributed by atoms with E-state index in [2.05, 4.69) is 10.6 Å². The van der Waals surface area contributed by atoms with Crippen LogP contribution < -0.4 is 10.6 Å². The van der Waals surface area contributed by atoms with E-state index in [1.54, 1.807) is 0 Å². The maximum Gasteiger partial charge on any atom is 0.407 e. The number of aliphatic carboxylic acids is 1. The Morgan fingerprint density at radius 2 is 1.49 bits per heavy atom. The second-order valence-electron chi connectivity index (χ2n) is 9.81. The van der Waals surface area contributed by atoms with Gasteiger partial charge in [0.15, 0.2) is 0 Å². The summed E-state index contributed by atoms with van der Waals surface area (Å²) < 4.78 is 31.0. The number of carbonyl (C=O) groups excluding carboxylic acids is 2. The largest absolute Gasteiger partial charge is 0.480 e. The van der Waals surface area contributed by atoms with E-state index in [1.807, 2.05) is 69.3 Å². The second-order valence-corrected chi connectivity index (χ2v) is 9.81. The van der Waals surface area contributed by atoms with Crippen LogP contribution in [0, 0.1) is 5.41 Å². The third-order valence-corrected chi connectivity index (χ3v) is 5.80. The average Bonchev–Trinajstić information content (AvgIpc) is 3.09. The molecule has 0 saturated heterocycles. The summed E-state index contributed by atoms with van der Waals surface area (Å²) in [5.74, 6) is -2.61. The molecule has 2 atom stereocenters. The van der Waals surface area contributed by atoms with Crippen molar-refractivity contribution in [3.63, 3.8) is 0 Å². The third-order valence-electron chi connectivity index (χ3n) is 5.80. The van der Waals surface area contributed by atoms with Crippen LogP contribution in [0.2, 0.25) is 0 Å². The highest BCUT2D eigenvalue weighted by atomic mass is 19.3. The van der Waals surface area contributed by atoms with E-state index in [0.717, 1.165) is 22.3 Å². The first-order chi connectivity index (χ1) is 16.5. The highest BCUT2D eigenvalue weighted by Crippen LogP contribution is 2.44. The monoisotopic (exact) mass is 488 g/mol. The van der Waals surface area contributed by atoms with Crippen molar-refractivity contribution in [2.45, 2.75) is 58.0 Å². The number of amides is 2. The molecule has 2 amide bonds. The number of ether oxygens (including phenoxy) is 1. The summed E-state index contributed by atoms with van der Waals surface area (Å²) in [6.45, 7) is 5.54. The van der Waals surface area contributed by atoms with E-state index < -0.39 is 48.3 Å². The van der Waals surface area contributed by atoms with Crippen LogP contribution >= 0.6 is 0 Å². The standard InChI is InChI=1S/C26H30F2N2O5/c1-26(2,3)13-21(23(31)29-20(24(32)33)12-22(27)28)30-25(34)35-14-19-17-10-6-4-8-15(17)16-9-5-7-11-18(16)19/h4-11,19-22H,12-14H2,1-3H3,(H,29,31)(H,30,34)(H,32,33). The Hall–Kier alpha value is -3.49. The molecule has 0 saturated carbocycles. The zero-order valence-corrected chi connectivity index (χ0v) is 19.9. The SMILES string of the molecule is CC(C)(C)CC(NC(=O)OCC1c2ccccc2-c2ccccc21)C(=O)NC(CC(F)F)C(=O)O. The third kappa shape index (κ3) is 6.77. The zero-order chi connectivity index (χ0) is 25.8. The molecule has 188 valence electrons. The fourth-order valence-electron chi connectivity index (χ4n) is 4.28. The van der Waals surface area contributed by atoms with Gasteiger partial charge in [-0.25, -0.2) is 18.4 Å². The van der Waals surface area contributed by atoms with Crippen molar-refractivity contribution in [1.82, 2.24) is 10.6 Å². The van der Waals surface area contributed by atoms with Crippen LogP contribution in [0.1, 0.15) is 50.7 Å². The topological polar surface area (TPSA) is 105 Å². The second kappa shape index (κ2) is 10.8. The Bertz CT molecular complexity index is 1040. The van der Waals surface area contributed by atoms with E-state index in [0.29, 0.717) is 0 Å². The number of alkyl carbamates (subject to hydrolysis) is 1. The van der Waals surface area contributed by atoms with Crippen molar-refractivity contribution >= 4 is 18.0 Å². The van der Waals surface area contributed by atoms with Crippen LogP contribution in [0.3, 0.4) is 0 Å². The van der Waals surface area contributed by atoms with Crippen LogP contribution in [0.5, 0.6) is 0 Å². The number of fused-ring (bicyclic) bond motifs is 3. The number of hydrogen-bond donors (Lipinski definition) is 3. The van der Waals surface area contributed by atoms with Crippen molar-refractivity contribution in [2.24, 2.45) is 5.41 Å². The Labute approximate surface area is 202 Å². The average molecular weight is 489 g/mol. The molecule has 0 radical (unpaired) electrons. The minimum Gasteiger partial charge on any atom is -0.480 e. The quantitative estimate of drug-likeness (QED) is 0.480. The lowest BCUT2D eigenvalue weighted by Gasteiger charge is -2.27. The summed E-state index contributed by atoms with van der Waals surface area (Å²) in [4.78, 5) is 36.7. The number of halogens is 2. The zero-order valence-electron chi connectivity index (χ0n) is 19.9. The summed E-state index contributed by atoms with van der Waals surface area (Å²) >= 11 is 0.